The zero-order chi connectivity index (χ0) is 18.5. The standard InChI is InChI=1S/C23H26N4/c1-27(14-11-21-10-4-5-12-24-21)23-20(9-6-13-25-23)17-26-22-15-18-7-2-3-8-19(18)16-22/h2-10,12-13,22,26H,11,14-17H2,1H3. The highest BCUT2D eigenvalue weighted by molar-refractivity contribution is 5.46. The van der Waals surface area contributed by atoms with E-state index < -0.39 is 0 Å². The van der Waals surface area contributed by atoms with Gasteiger partial charge in [0.05, 0.1) is 0 Å². The number of nitrogens with zero attached hydrogens (tertiary/aromatic N) is 3. The number of nitrogens with one attached hydrogen (secondary N) is 1. The van der Waals surface area contributed by atoms with Crippen molar-refractivity contribution in [2.45, 2.75) is 31.8 Å². The highest BCUT2D eigenvalue weighted by Crippen LogP contribution is 2.23. The third-order valence-corrected chi connectivity index (χ3v) is 5.29. The number of hydrogen-bond donors (Lipinski definition) is 1. The van der Waals surface area contributed by atoms with E-state index in [1.54, 1.807) is 0 Å². The van der Waals surface area contributed by atoms with Crippen molar-refractivity contribution >= 4 is 5.82 Å². The Bertz CT molecular complexity index is 853. The monoisotopic (exact) mass is 358 g/mol. The normalized spacial score (nSPS) is 13.5. The highest BCUT2D eigenvalue weighted by atomic mass is 15.2. The number of fused-ring (bicyclic) bond motifs is 1. The van der Waals surface area contributed by atoms with Crippen molar-refractivity contribution in [3.05, 3.63) is 89.4 Å². The molecule has 4 heteroatoms. The minimum Gasteiger partial charge on any atom is -0.359 e. The van der Waals surface area contributed by atoms with Crippen LogP contribution >= 0.6 is 0 Å². The largest absolute Gasteiger partial charge is 0.359 e. The predicted molar refractivity (Wildman–Crippen MR) is 110 cm³/mol. The minimum atomic E-state index is 0.509. The van der Waals surface area contributed by atoms with Gasteiger partial charge < -0.3 is 10.2 Å². The van der Waals surface area contributed by atoms with Crippen LogP contribution in [0.1, 0.15) is 22.4 Å². The Morgan fingerprint density at radius 2 is 1.67 bits per heavy atom. The summed E-state index contributed by atoms with van der Waals surface area (Å²) in [5.41, 5.74) is 5.32. The molecule has 0 radical (unpaired) electrons. The maximum absolute atomic E-state index is 4.64. The summed E-state index contributed by atoms with van der Waals surface area (Å²) in [6, 6.07) is 19.5. The third-order valence-electron chi connectivity index (χ3n) is 5.29. The van der Waals surface area contributed by atoms with E-state index in [4.69, 9.17) is 0 Å². The van der Waals surface area contributed by atoms with Crippen LogP contribution in [-0.2, 0) is 25.8 Å². The second-order valence-corrected chi connectivity index (χ2v) is 7.23. The average Bonchev–Trinajstić information content (AvgIpc) is 3.14. The van der Waals surface area contributed by atoms with E-state index in [9.17, 15) is 0 Å². The van der Waals surface area contributed by atoms with Gasteiger partial charge in [-0.3, -0.25) is 4.98 Å². The molecule has 0 bridgehead atoms. The van der Waals surface area contributed by atoms with Gasteiger partial charge in [0.2, 0.25) is 0 Å². The SMILES string of the molecule is CN(CCc1ccccn1)c1ncccc1CNC1Cc2ccccc2C1. The van der Waals surface area contributed by atoms with Crippen LogP contribution in [0.4, 0.5) is 5.82 Å². The lowest BCUT2D eigenvalue weighted by atomic mass is 10.1. The van der Waals surface area contributed by atoms with Crippen molar-refractivity contribution in [3.63, 3.8) is 0 Å². The van der Waals surface area contributed by atoms with Crippen LogP contribution in [-0.4, -0.2) is 29.6 Å². The summed E-state index contributed by atoms with van der Waals surface area (Å²) in [4.78, 5) is 11.3. The van der Waals surface area contributed by atoms with Crippen molar-refractivity contribution < 1.29 is 0 Å². The Morgan fingerprint density at radius 1 is 0.926 bits per heavy atom. The first-order chi connectivity index (χ1) is 13.3. The molecule has 138 valence electrons. The fourth-order valence-electron chi connectivity index (χ4n) is 3.80. The smallest absolute Gasteiger partial charge is 0.132 e. The molecular formula is C23H26N4. The van der Waals surface area contributed by atoms with Crippen molar-refractivity contribution in [1.29, 1.82) is 0 Å². The van der Waals surface area contributed by atoms with Gasteiger partial charge in [0.1, 0.15) is 5.82 Å². The van der Waals surface area contributed by atoms with Crippen LogP contribution in [0.25, 0.3) is 0 Å². The van der Waals surface area contributed by atoms with Crippen LogP contribution in [0.2, 0.25) is 0 Å². The molecule has 0 spiro atoms. The van der Waals surface area contributed by atoms with Crippen molar-refractivity contribution in [2.75, 3.05) is 18.5 Å². The average molecular weight is 358 g/mol. The Morgan fingerprint density at radius 3 is 2.41 bits per heavy atom. The second-order valence-electron chi connectivity index (χ2n) is 7.23. The molecule has 27 heavy (non-hydrogen) atoms. The number of pyridine rings is 2. The molecular weight excluding hydrogens is 332 g/mol. The summed E-state index contributed by atoms with van der Waals surface area (Å²) in [6.07, 6.45) is 6.87. The Kier molecular flexibility index (Phi) is 5.45. The molecule has 0 atom stereocenters. The maximum Gasteiger partial charge on any atom is 0.132 e. The number of anilines is 1. The van der Waals surface area contributed by atoms with Gasteiger partial charge in [-0.2, -0.15) is 0 Å². The van der Waals surface area contributed by atoms with E-state index in [1.165, 1.54) is 16.7 Å². The summed E-state index contributed by atoms with van der Waals surface area (Å²) < 4.78 is 0. The maximum atomic E-state index is 4.64. The van der Waals surface area contributed by atoms with Gasteiger partial charge in [-0.1, -0.05) is 36.4 Å². The molecule has 0 fully saturated rings. The van der Waals surface area contributed by atoms with Gasteiger partial charge in [-0.25, -0.2) is 4.98 Å². The van der Waals surface area contributed by atoms with Gasteiger partial charge in [0, 0.05) is 56.3 Å². The number of aromatic nitrogens is 2. The lowest BCUT2D eigenvalue weighted by Gasteiger charge is -2.22. The van der Waals surface area contributed by atoms with Crippen LogP contribution in [0.15, 0.2) is 67.0 Å². The first-order valence-electron chi connectivity index (χ1n) is 9.64. The molecule has 2 aromatic heterocycles. The van der Waals surface area contributed by atoms with Gasteiger partial charge in [-0.15, -0.1) is 0 Å². The van der Waals surface area contributed by atoms with Crippen molar-refractivity contribution in [2.24, 2.45) is 0 Å². The third kappa shape index (κ3) is 4.34. The van der Waals surface area contributed by atoms with E-state index >= 15 is 0 Å². The highest BCUT2D eigenvalue weighted by Gasteiger charge is 2.20. The summed E-state index contributed by atoms with van der Waals surface area (Å²) >= 11 is 0. The molecule has 1 aliphatic carbocycles. The topological polar surface area (TPSA) is 41.1 Å². The van der Waals surface area contributed by atoms with Gasteiger partial charge >= 0.3 is 0 Å². The molecule has 4 nitrogen and oxygen atoms in total. The van der Waals surface area contributed by atoms with Crippen molar-refractivity contribution in [3.8, 4) is 0 Å². The van der Waals surface area contributed by atoms with E-state index in [1.807, 2.05) is 30.6 Å². The molecule has 0 unspecified atom stereocenters. The van der Waals surface area contributed by atoms with E-state index in [0.29, 0.717) is 6.04 Å². The molecule has 2 heterocycles. The Labute approximate surface area is 161 Å². The molecule has 4 rings (SSSR count). The molecule has 0 saturated heterocycles. The first kappa shape index (κ1) is 17.7. The molecule has 0 saturated carbocycles. The van der Waals surface area contributed by atoms with Gasteiger partial charge in [-0.05, 0) is 42.2 Å². The van der Waals surface area contributed by atoms with Gasteiger partial charge in [0.25, 0.3) is 0 Å². The van der Waals surface area contributed by atoms with E-state index in [2.05, 4.69) is 63.6 Å². The number of benzene rings is 1. The predicted octanol–water partition coefficient (Wildman–Crippen LogP) is 3.41. The minimum absolute atomic E-state index is 0.509. The number of likely N-dealkylation sites (N-methyl/N-ethyl adjacent to an activating group) is 1. The molecule has 0 aliphatic heterocycles. The molecule has 3 aromatic rings. The summed E-state index contributed by atoms with van der Waals surface area (Å²) in [5, 5.41) is 3.73. The molecule has 1 aromatic carbocycles. The zero-order valence-corrected chi connectivity index (χ0v) is 15.8. The fourth-order valence-corrected chi connectivity index (χ4v) is 3.80. The van der Waals surface area contributed by atoms with Crippen LogP contribution in [0.3, 0.4) is 0 Å². The molecule has 0 amide bonds. The van der Waals surface area contributed by atoms with Gasteiger partial charge in [0.15, 0.2) is 0 Å². The lowest BCUT2D eigenvalue weighted by molar-refractivity contribution is 0.532. The Balaban J connectivity index is 1.36. The number of rotatable bonds is 7. The summed E-state index contributed by atoms with van der Waals surface area (Å²) in [6.45, 7) is 1.74. The fraction of sp³-hybridized carbons (Fsp3) is 0.304. The molecule has 1 N–H and O–H groups in total. The van der Waals surface area contributed by atoms with E-state index in [0.717, 1.165) is 43.9 Å². The lowest BCUT2D eigenvalue weighted by Crippen LogP contribution is -2.30. The van der Waals surface area contributed by atoms with Crippen molar-refractivity contribution in [1.82, 2.24) is 15.3 Å². The summed E-state index contributed by atoms with van der Waals surface area (Å²) in [7, 11) is 2.11. The van der Waals surface area contributed by atoms with Crippen LogP contribution < -0.4 is 10.2 Å². The second kappa shape index (κ2) is 8.31. The zero-order valence-electron chi connectivity index (χ0n) is 15.8. The molecule has 1 aliphatic rings. The van der Waals surface area contributed by atoms with Crippen LogP contribution in [0, 0.1) is 0 Å². The first-order valence-corrected chi connectivity index (χ1v) is 9.64. The van der Waals surface area contributed by atoms with Crippen LogP contribution in [0.5, 0.6) is 0 Å². The summed E-state index contributed by atoms with van der Waals surface area (Å²) in [5.74, 6) is 1.05. The van der Waals surface area contributed by atoms with E-state index in [-0.39, 0.29) is 0 Å². The Hall–Kier alpha value is -2.72. The number of hydrogen-bond acceptors (Lipinski definition) is 4. The quantitative estimate of drug-likeness (QED) is 0.703.